The van der Waals surface area contributed by atoms with E-state index in [0.717, 1.165) is 5.69 Å². The van der Waals surface area contributed by atoms with Crippen molar-refractivity contribution in [3.63, 3.8) is 0 Å². The topological polar surface area (TPSA) is 62.3 Å². The summed E-state index contributed by atoms with van der Waals surface area (Å²) in [5.74, 6) is -0.638. The SMILES string of the molecule is CN(CC(=O)NCc1ccccn1)C(=O)CCl. The molecule has 0 fully saturated rings. The van der Waals surface area contributed by atoms with Crippen LogP contribution in [0.4, 0.5) is 0 Å². The van der Waals surface area contributed by atoms with E-state index in [1.807, 2.05) is 12.1 Å². The third kappa shape index (κ3) is 4.82. The minimum Gasteiger partial charge on any atom is -0.349 e. The largest absolute Gasteiger partial charge is 0.349 e. The van der Waals surface area contributed by atoms with Gasteiger partial charge in [0.05, 0.1) is 18.8 Å². The van der Waals surface area contributed by atoms with Gasteiger partial charge in [0.2, 0.25) is 11.8 Å². The molecule has 0 atom stereocenters. The average molecular weight is 256 g/mol. The van der Waals surface area contributed by atoms with E-state index in [9.17, 15) is 9.59 Å². The van der Waals surface area contributed by atoms with Gasteiger partial charge in [-0.15, -0.1) is 11.6 Å². The Morgan fingerprint density at radius 3 is 2.82 bits per heavy atom. The van der Waals surface area contributed by atoms with Crippen LogP contribution in [0.25, 0.3) is 0 Å². The molecule has 17 heavy (non-hydrogen) atoms. The maximum atomic E-state index is 11.5. The molecular formula is C11H14ClN3O2. The highest BCUT2D eigenvalue weighted by Gasteiger charge is 2.11. The summed E-state index contributed by atoms with van der Waals surface area (Å²) in [7, 11) is 1.53. The third-order valence-electron chi connectivity index (χ3n) is 2.11. The first-order valence-electron chi connectivity index (χ1n) is 5.10. The van der Waals surface area contributed by atoms with Crippen LogP contribution in [-0.4, -0.2) is 41.2 Å². The number of pyridine rings is 1. The number of hydrogen-bond donors (Lipinski definition) is 1. The Labute approximate surface area is 105 Å². The summed E-state index contributed by atoms with van der Waals surface area (Å²) in [6, 6.07) is 5.46. The van der Waals surface area contributed by atoms with Crippen molar-refractivity contribution in [2.75, 3.05) is 19.5 Å². The normalized spacial score (nSPS) is 9.76. The molecule has 1 rings (SSSR count). The van der Waals surface area contributed by atoms with Crippen molar-refractivity contribution in [3.8, 4) is 0 Å². The number of alkyl halides is 1. The monoisotopic (exact) mass is 255 g/mol. The Kier molecular flexibility index (Phi) is 5.42. The van der Waals surface area contributed by atoms with Crippen LogP contribution in [0.2, 0.25) is 0 Å². The van der Waals surface area contributed by atoms with E-state index < -0.39 is 0 Å². The predicted octanol–water partition coefficient (Wildman–Crippen LogP) is 0.395. The van der Waals surface area contributed by atoms with Gasteiger partial charge in [0.25, 0.3) is 0 Å². The van der Waals surface area contributed by atoms with Crippen molar-refractivity contribution in [2.45, 2.75) is 6.54 Å². The van der Waals surface area contributed by atoms with E-state index in [0.29, 0.717) is 6.54 Å². The lowest BCUT2D eigenvalue weighted by Crippen LogP contribution is -2.38. The number of nitrogens with zero attached hydrogens (tertiary/aromatic N) is 2. The maximum Gasteiger partial charge on any atom is 0.239 e. The summed E-state index contributed by atoms with van der Waals surface area (Å²) in [6.07, 6.45) is 1.66. The molecule has 0 aliphatic rings. The van der Waals surface area contributed by atoms with E-state index in [1.165, 1.54) is 11.9 Å². The first-order valence-corrected chi connectivity index (χ1v) is 5.63. The molecule has 0 aliphatic heterocycles. The minimum absolute atomic E-state index is 0.00160. The van der Waals surface area contributed by atoms with Crippen LogP contribution in [-0.2, 0) is 16.1 Å². The Balaban J connectivity index is 2.33. The van der Waals surface area contributed by atoms with Crippen molar-refractivity contribution in [3.05, 3.63) is 30.1 Å². The number of aromatic nitrogens is 1. The number of amides is 2. The summed E-state index contributed by atoms with van der Waals surface area (Å²) in [5.41, 5.74) is 0.771. The standard InChI is InChI=1S/C11H14ClN3O2/c1-15(11(17)6-12)8-10(16)14-7-9-4-2-3-5-13-9/h2-5H,6-8H2,1H3,(H,14,16). The molecule has 2 amide bonds. The third-order valence-corrected chi connectivity index (χ3v) is 2.34. The molecule has 0 radical (unpaired) electrons. The van der Waals surface area contributed by atoms with E-state index >= 15 is 0 Å². The smallest absolute Gasteiger partial charge is 0.239 e. The van der Waals surface area contributed by atoms with Gasteiger partial charge in [0.1, 0.15) is 5.88 Å². The number of carbonyl (C=O) groups is 2. The molecule has 0 bridgehead atoms. The highest BCUT2D eigenvalue weighted by molar-refractivity contribution is 6.27. The van der Waals surface area contributed by atoms with Crippen LogP contribution in [0, 0.1) is 0 Å². The number of carbonyl (C=O) groups excluding carboxylic acids is 2. The molecule has 0 aliphatic carbocycles. The van der Waals surface area contributed by atoms with E-state index in [-0.39, 0.29) is 24.2 Å². The van der Waals surface area contributed by atoms with Crippen LogP contribution in [0.15, 0.2) is 24.4 Å². The Morgan fingerprint density at radius 2 is 2.24 bits per heavy atom. The summed E-state index contributed by atoms with van der Waals surface area (Å²) in [6.45, 7) is 0.348. The lowest BCUT2D eigenvalue weighted by atomic mass is 10.3. The van der Waals surface area contributed by atoms with E-state index in [4.69, 9.17) is 11.6 Å². The fraction of sp³-hybridized carbons (Fsp3) is 0.364. The Bertz CT molecular complexity index is 384. The summed E-state index contributed by atoms with van der Waals surface area (Å²) < 4.78 is 0. The molecule has 6 heteroatoms. The second-order valence-electron chi connectivity index (χ2n) is 3.48. The molecule has 1 heterocycles. The van der Waals surface area contributed by atoms with Gasteiger partial charge in [0.15, 0.2) is 0 Å². The second kappa shape index (κ2) is 6.85. The molecule has 1 aromatic rings. The van der Waals surface area contributed by atoms with Gasteiger partial charge >= 0.3 is 0 Å². The first kappa shape index (κ1) is 13.4. The fourth-order valence-electron chi connectivity index (χ4n) is 1.15. The first-order chi connectivity index (χ1) is 8.13. The molecule has 0 unspecified atom stereocenters. The predicted molar refractivity (Wildman–Crippen MR) is 64.4 cm³/mol. The zero-order valence-corrected chi connectivity index (χ0v) is 10.3. The van der Waals surface area contributed by atoms with Crippen LogP contribution in [0.3, 0.4) is 0 Å². The Hall–Kier alpha value is -1.62. The van der Waals surface area contributed by atoms with Gasteiger partial charge in [-0.1, -0.05) is 6.07 Å². The molecule has 5 nitrogen and oxygen atoms in total. The molecule has 0 aromatic carbocycles. The zero-order valence-electron chi connectivity index (χ0n) is 9.52. The number of rotatable bonds is 5. The molecule has 0 saturated heterocycles. The number of likely N-dealkylation sites (N-methyl/N-ethyl adjacent to an activating group) is 1. The quantitative estimate of drug-likeness (QED) is 0.775. The van der Waals surface area contributed by atoms with E-state index in [2.05, 4.69) is 10.3 Å². The molecule has 1 N–H and O–H groups in total. The highest BCUT2D eigenvalue weighted by Crippen LogP contribution is 1.93. The maximum absolute atomic E-state index is 11.5. The zero-order chi connectivity index (χ0) is 12.7. The number of halogens is 1. The van der Waals surface area contributed by atoms with Crippen molar-refractivity contribution in [1.82, 2.24) is 15.2 Å². The van der Waals surface area contributed by atoms with Gasteiger partial charge in [0, 0.05) is 13.2 Å². The highest BCUT2D eigenvalue weighted by atomic mass is 35.5. The van der Waals surface area contributed by atoms with Gasteiger partial charge in [-0.05, 0) is 12.1 Å². The van der Waals surface area contributed by atoms with E-state index in [1.54, 1.807) is 12.3 Å². The minimum atomic E-state index is -0.278. The van der Waals surface area contributed by atoms with Crippen LogP contribution < -0.4 is 5.32 Å². The van der Waals surface area contributed by atoms with Crippen molar-refractivity contribution in [2.24, 2.45) is 0 Å². The number of nitrogens with one attached hydrogen (secondary N) is 1. The summed E-state index contributed by atoms with van der Waals surface area (Å²) in [5, 5.41) is 2.67. The summed E-state index contributed by atoms with van der Waals surface area (Å²) >= 11 is 5.37. The average Bonchev–Trinajstić information content (AvgIpc) is 2.36. The summed E-state index contributed by atoms with van der Waals surface area (Å²) in [4.78, 5) is 27.9. The molecule has 0 spiro atoms. The van der Waals surface area contributed by atoms with Gasteiger partial charge in [-0.2, -0.15) is 0 Å². The van der Waals surface area contributed by atoms with Gasteiger partial charge < -0.3 is 10.2 Å². The molecular weight excluding hydrogens is 242 g/mol. The lowest BCUT2D eigenvalue weighted by Gasteiger charge is -2.15. The van der Waals surface area contributed by atoms with Crippen LogP contribution >= 0.6 is 11.6 Å². The van der Waals surface area contributed by atoms with Gasteiger partial charge in [-0.3, -0.25) is 14.6 Å². The van der Waals surface area contributed by atoms with Crippen molar-refractivity contribution >= 4 is 23.4 Å². The molecule has 0 saturated carbocycles. The van der Waals surface area contributed by atoms with Gasteiger partial charge in [-0.25, -0.2) is 0 Å². The second-order valence-corrected chi connectivity index (χ2v) is 3.75. The molecule has 1 aromatic heterocycles. The number of hydrogen-bond acceptors (Lipinski definition) is 3. The molecule has 92 valence electrons. The lowest BCUT2D eigenvalue weighted by molar-refractivity contribution is -0.132. The van der Waals surface area contributed by atoms with Crippen molar-refractivity contribution in [1.29, 1.82) is 0 Å². The van der Waals surface area contributed by atoms with Crippen LogP contribution in [0.1, 0.15) is 5.69 Å². The van der Waals surface area contributed by atoms with Crippen molar-refractivity contribution < 1.29 is 9.59 Å². The van der Waals surface area contributed by atoms with Crippen LogP contribution in [0.5, 0.6) is 0 Å². The Morgan fingerprint density at radius 1 is 1.47 bits per heavy atom. The fourth-order valence-corrected chi connectivity index (χ4v) is 1.36.